The van der Waals surface area contributed by atoms with E-state index in [-0.39, 0.29) is 11.5 Å². The smallest absolute Gasteiger partial charge is 0.280 e. The number of hydrogen-bond donors (Lipinski definition) is 1. The number of H-pyrrole nitrogens is 1. The Labute approximate surface area is 240 Å². The number of fused-ring (bicyclic) bond motifs is 1. The lowest BCUT2D eigenvalue weighted by molar-refractivity contribution is 0.0823. The van der Waals surface area contributed by atoms with E-state index in [0.29, 0.717) is 39.5 Å². The van der Waals surface area contributed by atoms with Crippen LogP contribution in [0.1, 0.15) is 79.3 Å². The van der Waals surface area contributed by atoms with Gasteiger partial charge in [0.25, 0.3) is 11.5 Å². The predicted molar refractivity (Wildman–Crippen MR) is 160 cm³/mol. The molecule has 41 heavy (non-hydrogen) atoms. The minimum Gasteiger partial charge on any atom is -0.353 e. The van der Waals surface area contributed by atoms with Gasteiger partial charge in [-0.3, -0.25) is 24.0 Å². The van der Waals surface area contributed by atoms with E-state index in [1.54, 1.807) is 38.6 Å². The third-order valence-electron chi connectivity index (χ3n) is 7.62. The maximum atomic E-state index is 13.8. The van der Waals surface area contributed by atoms with Gasteiger partial charge in [-0.05, 0) is 68.6 Å². The quantitative estimate of drug-likeness (QED) is 0.351. The molecule has 1 amide bonds. The van der Waals surface area contributed by atoms with Crippen molar-refractivity contribution in [2.75, 3.05) is 27.2 Å². The van der Waals surface area contributed by atoms with Crippen molar-refractivity contribution in [2.45, 2.75) is 58.4 Å². The number of nitriles is 1. The zero-order valence-electron chi connectivity index (χ0n) is 24.3. The van der Waals surface area contributed by atoms with Gasteiger partial charge in [0.05, 0.1) is 5.56 Å². The largest absolute Gasteiger partial charge is 0.353 e. The van der Waals surface area contributed by atoms with E-state index >= 15 is 0 Å². The monoisotopic (exact) mass is 551 g/mol. The van der Waals surface area contributed by atoms with E-state index in [9.17, 15) is 14.9 Å². The van der Waals surface area contributed by atoms with Crippen LogP contribution in [0.3, 0.4) is 0 Å². The number of aromatic nitrogens is 4. The Morgan fingerprint density at radius 2 is 1.90 bits per heavy atom. The molecule has 1 saturated heterocycles. The maximum absolute atomic E-state index is 13.8. The molecule has 2 fully saturated rings. The summed E-state index contributed by atoms with van der Waals surface area (Å²) in [7, 11) is 3.39. The summed E-state index contributed by atoms with van der Waals surface area (Å²) in [5.74, 6) is 0.539. The molecule has 1 saturated carbocycles. The van der Waals surface area contributed by atoms with Crippen LogP contribution in [0, 0.1) is 11.3 Å². The van der Waals surface area contributed by atoms with Crippen molar-refractivity contribution in [3.05, 3.63) is 75.7 Å². The van der Waals surface area contributed by atoms with Gasteiger partial charge in [-0.1, -0.05) is 26.3 Å². The molecule has 1 aliphatic heterocycles. The fourth-order valence-corrected chi connectivity index (χ4v) is 5.40. The Kier molecular flexibility index (Phi) is 8.31. The molecular formula is C32H37N7O2. The van der Waals surface area contributed by atoms with E-state index in [4.69, 9.17) is 4.98 Å². The van der Waals surface area contributed by atoms with Gasteiger partial charge < -0.3 is 9.88 Å². The number of piperidine rings is 1. The van der Waals surface area contributed by atoms with Gasteiger partial charge >= 0.3 is 0 Å². The average Bonchev–Trinajstić information content (AvgIpc) is 3.78. The van der Waals surface area contributed by atoms with Gasteiger partial charge in [0.15, 0.2) is 0 Å². The first-order valence-corrected chi connectivity index (χ1v) is 14.5. The first kappa shape index (κ1) is 28.2. The minimum absolute atomic E-state index is 0.199. The van der Waals surface area contributed by atoms with Crippen LogP contribution in [0.25, 0.3) is 27.8 Å². The third kappa shape index (κ3) is 5.79. The molecule has 9 nitrogen and oxygen atoms in total. The Balaban J connectivity index is 0.00000165. The van der Waals surface area contributed by atoms with Gasteiger partial charge in [-0.2, -0.15) is 5.26 Å². The second-order valence-electron chi connectivity index (χ2n) is 10.8. The van der Waals surface area contributed by atoms with Crippen molar-refractivity contribution in [3.63, 3.8) is 0 Å². The molecule has 4 aromatic heterocycles. The highest BCUT2D eigenvalue weighted by atomic mass is 16.2. The molecule has 6 rings (SSSR count). The SMILES string of the molecule is CC.CN(C)C(=O)c1ncccc1-c1cc(C2CC2)nc(-n2cc(C#N)c3cc(CN4CCCCC4)[nH]c3c2=O)c1. The normalized spacial score (nSPS) is 15.2. The molecule has 0 radical (unpaired) electrons. The minimum atomic E-state index is -0.254. The fourth-order valence-electron chi connectivity index (χ4n) is 5.40. The maximum Gasteiger partial charge on any atom is 0.280 e. The van der Waals surface area contributed by atoms with E-state index < -0.39 is 0 Å². The summed E-state index contributed by atoms with van der Waals surface area (Å²) in [6, 6.07) is 11.7. The molecule has 0 bridgehead atoms. The first-order chi connectivity index (χ1) is 19.9. The number of amides is 1. The summed E-state index contributed by atoms with van der Waals surface area (Å²) in [5, 5.41) is 10.6. The Hall–Kier alpha value is -4.29. The summed E-state index contributed by atoms with van der Waals surface area (Å²) < 4.78 is 1.46. The van der Waals surface area contributed by atoms with E-state index in [1.807, 2.05) is 32.0 Å². The molecule has 0 unspecified atom stereocenters. The summed E-state index contributed by atoms with van der Waals surface area (Å²) >= 11 is 0. The summed E-state index contributed by atoms with van der Waals surface area (Å²) in [4.78, 5) is 43.1. The highest BCUT2D eigenvalue weighted by Gasteiger charge is 2.27. The van der Waals surface area contributed by atoms with Crippen molar-refractivity contribution in [1.29, 1.82) is 5.26 Å². The molecule has 0 aromatic carbocycles. The number of rotatable bonds is 6. The predicted octanol–water partition coefficient (Wildman–Crippen LogP) is 5.24. The zero-order valence-corrected chi connectivity index (χ0v) is 24.3. The lowest BCUT2D eigenvalue weighted by Gasteiger charge is -2.25. The number of carbonyl (C=O) groups is 1. The molecule has 0 spiro atoms. The fraction of sp³-hybridized carbons (Fsp3) is 0.406. The second-order valence-corrected chi connectivity index (χ2v) is 10.8. The van der Waals surface area contributed by atoms with Crippen LogP contribution in [0.15, 0.2) is 47.5 Å². The van der Waals surface area contributed by atoms with Crippen molar-refractivity contribution >= 4 is 16.8 Å². The van der Waals surface area contributed by atoms with E-state index in [1.165, 1.54) is 28.7 Å². The van der Waals surface area contributed by atoms with Gasteiger partial charge in [0, 0.05) is 61.3 Å². The molecular weight excluding hydrogens is 514 g/mol. The number of carbonyl (C=O) groups excluding carboxylic acids is 1. The second kappa shape index (κ2) is 12.1. The highest BCUT2D eigenvalue weighted by molar-refractivity contribution is 5.98. The van der Waals surface area contributed by atoms with Crippen LogP contribution in [0.5, 0.6) is 0 Å². The van der Waals surface area contributed by atoms with Gasteiger partial charge in [0.1, 0.15) is 23.1 Å². The zero-order chi connectivity index (χ0) is 29.1. The molecule has 1 aliphatic carbocycles. The summed E-state index contributed by atoms with van der Waals surface area (Å²) in [6.45, 7) is 6.80. The molecule has 9 heteroatoms. The topological polar surface area (TPSA) is 111 Å². The van der Waals surface area contributed by atoms with E-state index in [2.05, 4.69) is 20.9 Å². The number of likely N-dealkylation sites (tertiary alicyclic amines) is 1. The average molecular weight is 552 g/mol. The first-order valence-electron chi connectivity index (χ1n) is 14.5. The van der Waals surface area contributed by atoms with Crippen molar-refractivity contribution in [3.8, 4) is 23.0 Å². The van der Waals surface area contributed by atoms with Crippen LogP contribution in [0.4, 0.5) is 0 Å². The number of nitrogens with zero attached hydrogens (tertiary/aromatic N) is 6. The molecule has 0 atom stereocenters. The van der Waals surface area contributed by atoms with Gasteiger partial charge in [-0.25, -0.2) is 4.98 Å². The number of nitrogens with one attached hydrogen (secondary N) is 1. The van der Waals surface area contributed by atoms with Gasteiger partial charge in [-0.15, -0.1) is 0 Å². The Morgan fingerprint density at radius 1 is 1.15 bits per heavy atom. The van der Waals surface area contributed by atoms with Crippen LogP contribution in [-0.2, 0) is 6.54 Å². The molecule has 1 N–H and O–H groups in total. The highest BCUT2D eigenvalue weighted by Crippen LogP contribution is 2.41. The third-order valence-corrected chi connectivity index (χ3v) is 7.62. The molecule has 4 aromatic rings. The molecule has 5 heterocycles. The Morgan fingerprint density at radius 3 is 2.59 bits per heavy atom. The number of aromatic amines is 1. The van der Waals surface area contributed by atoms with Crippen molar-refractivity contribution in [2.24, 2.45) is 0 Å². The standard InChI is InChI=1S/C30H31N7O2.C2H6/c1-35(2)29(38)27-23(7-6-10-32-27)20-13-25(19-8-9-19)34-26(14-20)37-17-21(16-31)24-15-22(33-28(24)30(37)39)18-36-11-4-3-5-12-36;1-2/h6-7,10,13-15,17,19,33H,3-5,8-9,11-12,18H2,1-2H3;1-2H3. The molecule has 212 valence electrons. The molecule has 2 aliphatic rings. The van der Waals surface area contributed by atoms with Crippen LogP contribution >= 0.6 is 0 Å². The van der Waals surface area contributed by atoms with Crippen LogP contribution in [0.2, 0.25) is 0 Å². The summed E-state index contributed by atoms with van der Waals surface area (Å²) in [6.07, 6.45) is 8.86. The number of hydrogen-bond acceptors (Lipinski definition) is 6. The lowest BCUT2D eigenvalue weighted by Crippen LogP contribution is -2.29. The lowest BCUT2D eigenvalue weighted by atomic mass is 10.0. The van der Waals surface area contributed by atoms with Crippen LogP contribution in [-0.4, -0.2) is 62.4 Å². The van der Waals surface area contributed by atoms with E-state index in [0.717, 1.165) is 49.4 Å². The van der Waals surface area contributed by atoms with Crippen LogP contribution < -0.4 is 5.56 Å². The van der Waals surface area contributed by atoms with Crippen molar-refractivity contribution < 1.29 is 4.79 Å². The Bertz CT molecular complexity index is 1670. The summed E-state index contributed by atoms with van der Waals surface area (Å²) in [5.41, 5.74) is 4.16. The van der Waals surface area contributed by atoms with Gasteiger partial charge in [0.2, 0.25) is 0 Å². The number of pyridine rings is 3. The van der Waals surface area contributed by atoms with Crippen molar-refractivity contribution in [1.82, 2.24) is 29.3 Å².